The third-order valence-electron chi connectivity index (χ3n) is 1.51. The molecule has 1 aliphatic heterocycles. The summed E-state index contributed by atoms with van der Waals surface area (Å²) >= 11 is -2.04. The van der Waals surface area contributed by atoms with E-state index in [9.17, 15) is 8.76 Å². The summed E-state index contributed by atoms with van der Waals surface area (Å²) in [5, 5.41) is 3.01. The SMILES string of the molecule is O=S([O-])N1CCCCNC1. The summed E-state index contributed by atoms with van der Waals surface area (Å²) in [7, 11) is 0. The largest absolute Gasteiger partial charge is 0.760 e. The molecule has 1 unspecified atom stereocenters. The predicted molar refractivity (Wildman–Crippen MR) is 37.7 cm³/mol. The molecule has 0 aromatic carbocycles. The van der Waals surface area contributed by atoms with E-state index in [4.69, 9.17) is 0 Å². The molecular formula is C5H11N2O2S-. The molecule has 1 fully saturated rings. The van der Waals surface area contributed by atoms with Gasteiger partial charge in [-0.25, -0.2) is 4.31 Å². The smallest absolute Gasteiger partial charge is 0.0593 e. The fourth-order valence-corrected chi connectivity index (χ4v) is 1.42. The Morgan fingerprint density at radius 2 is 2.30 bits per heavy atom. The van der Waals surface area contributed by atoms with E-state index in [1.54, 1.807) is 0 Å². The molecule has 0 aromatic heterocycles. The van der Waals surface area contributed by atoms with Gasteiger partial charge in [-0.1, -0.05) is 0 Å². The minimum atomic E-state index is -2.04. The maximum Gasteiger partial charge on any atom is 0.0593 e. The van der Waals surface area contributed by atoms with E-state index in [-0.39, 0.29) is 0 Å². The Hall–Kier alpha value is 0.0300. The van der Waals surface area contributed by atoms with Crippen LogP contribution < -0.4 is 5.32 Å². The molecule has 0 aromatic rings. The van der Waals surface area contributed by atoms with Gasteiger partial charge in [-0.05, 0) is 19.4 Å². The van der Waals surface area contributed by atoms with E-state index in [0.29, 0.717) is 13.2 Å². The molecule has 0 saturated carbocycles. The molecule has 4 nitrogen and oxygen atoms in total. The van der Waals surface area contributed by atoms with Crippen molar-refractivity contribution in [3.63, 3.8) is 0 Å². The Bertz CT molecular complexity index is 123. The van der Waals surface area contributed by atoms with Crippen LogP contribution in [0.15, 0.2) is 0 Å². The number of hydrogen-bond donors (Lipinski definition) is 1. The molecule has 0 bridgehead atoms. The lowest BCUT2D eigenvalue weighted by atomic mass is 10.3. The molecule has 0 radical (unpaired) electrons. The van der Waals surface area contributed by atoms with Crippen molar-refractivity contribution in [1.82, 2.24) is 9.62 Å². The standard InChI is InChI=1S/C5H12N2O2S/c8-10(9)7-4-2-1-3-6-5-7/h6H,1-5H2,(H,8,9)/p-1. The zero-order valence-corrected chi connectivity index (χ0v) is 6.52. The van der Waals surface area contributed by atoms with Crippen LogP contribution >= 0.6 is 0 Å². The molecule has 5 heteroatoms. The van der Waals surface area contributed by atoms with Gasteiger partial charge in [0, 0.05) is 17.8 Å². The van der Waals surface area contributed by atoms with Crippen LogP contribution in [0, 0.1) is 0 Å². The lowest BCUT2D eigenvalue weighted by molar-refractivity contribution is 0.384. The first kappa shape index (κ1) is 8.13. The molecule has 1 rings (SSSR count). The van der Waals surface area contributed by atoms with Gasteiger partial charge in [-0.2, -0.15) is 0 Å². The summed E-state index contributed by atoms with van der Waals surface area (Å²) in [6, 6.07) is 0. The highest BCUT2D eigenvalue weighted by Gasteiger charge is 2.06. The third-order valence-corrected chi connectivity index (χ3v) is 2.24. The highest BCUT2D eigenvalue weighted by molar-refractivity contribution is 7.76. The van der Waals surface area contributed by atoms with Gasteiger partial charge >= 0.3 is 0 Å². The predicted octanol–water partition coefficient (Wildman–Crippen LogP) is -0.577. The number of rotatable bonds is 1. The summed E-state index contributed by atoms with van der Waals surface area (Å²) in [5.41, 5.74) is 0. The minimum Gasteiger partial charge on any atom is -0.760 e. The normalized spacial score (nSPS) is 25.7. The lowest BCUT2D eigenvalue weighted by Crippen LogP contribution is -2.33. The van der Waals surface area contributed by atoms with E-state index < -0.39 is 11.3 Å². The number of nitrogens with one attached hydrogen (secondary N) is 1. The van der Waals surface area contributed by atoms with Crippen molar-refractivity contribution in [2.24, 2.45) is 0 Å². The molecule has 0 aliphatic carbocycles. The number of hydrogen-bond acceptors (Lipinski definition) is 3. The van der Waals surface area contributed by atoms with Crippen LogP contribution in [0.4, 0.5) is 0 Å². The maximum absolute atomic E-state index is 10.4. The fraction of sp³-hybridized carbons (Fsp3) is 1.00. The Balaban J connectivity index is 2.35. The van der Waals surface area contributed by atoms with Crippen molar-refractivity contribution < 1.29 is 8.76 Å². The third kappa shape index (κ3) is 2.34. The second kappa shape index (κ2) is 4.02. The Morgan fingerprint density at radius 3 is 3.00 bits per heavy atom. The van der Waals surface area contributed by atoms with E-state index >= 15 is 0 Å². The maximum atomic E-state index is 10.4. The van der Waals surface area contributed by atoms with E-state index in [1.807, 2.05) is 0 Å². The molecule has 0 spiro atoms. The van der Waals surface area contributed by atoms with Gasteiger partial charge in [-0.3, -0.25) is 4.21 Å². The Labute approximate surface area is 63.0 Å². The topological polar surface area (TPSA) is 55.4 Å². The van der Waals surface area contributed by atoms with Crippen molar-refractivity contribution in [2.75, 3.05) is 19.8 Å². The highest BCUT2D eigenvalue weighted by Crippen LogP contribution is 1.99. The fourth-order valence-electron chi connectivity index (χ4n) is 0.948. The van der Waals surface area contributed by atoms with Crippen LogP contribution in [0.3, 0.4) is 0 Å². The van der Waals surface area contributed by atoms with E-state index in [2.05, 4.69) is 5.32 Å². The summed E-state index contributed by atoms with van der Waals surface area (Å²) in [6.45, 7) is 2.05. The van der Waals surface area contributed by atoms with Crippen molar-refractivity contribution in [1.29, 1.82) is 0 Å². The van der Waals surface area contributed by atoms with Crippen LogP contribution in [-0.2, 0) is 11.3 Å². The summed E-state index contributed by atoms with van der Waals surface area (Å²) in [6.07, 6.45) is 2.02. The quantitative estimate of drug-likeness (QED) is 0.526. The average Bonchev–Trinajstić information content (AvgIpc) is 2.12. The second-order valence-corrected chi connectivity index (χ2v) is 3.24. The van der Waals surface area contributed by atoms with Gasteiger partial charge < -0.3 is 9.87 Å². The Morgan fingerprint density at radius 1 is 1.50 bits per heavy atom. The zero-order valence-electron chi connectivity index (χ0n) is 5.71. The van der Waals surface area contributed by atoms with Crippen LogP contribution in [0.2, 0.25) is 0 Å². The summed E-state index contributed by atoms with van der Waals surface area (Å²) < 4.78 is 22.2. The molecule has 1 atom stereocenters. The minimum absolute atomic E-state index is 0.468. The van der Waals surface area contributed by atoms with Gasteiger partial charge in [-0.15, -0.1) is 0 Å². The molecule has 10 heavy (non-hydrogen) atoms. The van der Waals surface area contributed by atoms with Crippen LogP contribution in [0.25, 0.3) is 0 Å². The first-order valence-electron chi connectivity index (χ1n) is 3.36. The first-order valence-corrected chi connectivity index (χ1v) is 4.39. The van der Waals surface area contributed by atoms with E-state index in [0.717, 1.165) is 19.4 Å². The molecule has 1 N–H and O–H groups in total. The zero-order chi connectivity index (χ0) is 7.40. The molecular weight excluding hydrogens is 152 g/mol. The average molecular weight is 163 g/mol. The van der Waals surface area contributed by atoms with Gasteiger partial charge in [0.15, 0.2) is 0 Å². The van der Waals surface area contributed by atoms with Crippen LogP contribution in [-0.4, -0.2) is 32.8 Å². The van der Waals surface area contributed by atoms with Crippen molar-refractivity contribution in [3.05, 3.63) is 0 Å². The Kier molecular flexibility index (Phi) is 3.27. The highest BCUT2D eigenvalue weighted by atomic mass is 32.2. The van der Waals surface area contributed by atoms with Gasteiger partial charge in [0.2, 0.25) is 0 Å². The molecule has 1 saturated heterocycles. The van der Waals surface area contributed by atoms with E-state index in [1.165, 1.54) is 4.31 Å². The van der Waals surface area contributed by atoms with Gasteiger partial charge in [0.1, 0.15) is 0 Å². The summed E-state index contributed by atoms with van der Waals surface area (Å²) in [4.78, 5) is 0. The monoisotopic (exact) mass is 163 g/mol. The first-order chi connectivity index (χ1) is 4.80. The molecule has 1 aliphatic rings. The van der Waals surface area contributed by atoms with Crippen molar-refractivity contribution >= 4 is 11.3 Å². The van der Waals surface area contributed by atoms with Crippen LogP contribution in [0.5, 0.6) is 0 Å². The molecule has 60 valence electrons. The molecule has 0 amide bonds. The van der Waals surface area contributed by atoms with Crippen LogP contribution in [0.1, 0.15) is 12.8 Å². The molecule has 1 heterocycles. The lowest BCUT2D eigenvalue weighted by Gasteiger charge is -2.21. The van der Waals surface area contributed by atoms with Crippen molar-refractivity contribution in [2.45, 2.75) is 12.8 Å². The van der Waals surface area contributed by atoms with Gasteiger partial charge in [0.25, 0.3) is 0 Å². The summed E-state index contributed by atoms with van der Waals surface area (Å²) in [5.74, 6) is 0. The van der Waals surface area contributed by atoms with Crippen molar-refractivity contribution in [3.8, 4) is 0 Å². The number of nitrogens with zero attached hydrogens (tertiary/aromatic N) is 1. The van der Waals surface area contributed by atoms with Gasteiger partial charge in [0.05, 0.1) is 6.67 Å². The second-order valence-electron chi connectivity index (χ2n) is 2.29.